The number of alkyl halides is 7. The van der Waals surface area contributed by atoms with Gasteiger partial charge in [0.05, 0.1) is 18.6 Å². The van der Waals surface area contributed by atoms with Crippen LogP contribution in [0.5, 0.6) is 5.75 Å². The summed E-state index contributed by atoms with van der Waals surface area (Å²) in [6.07, 6.45) is -9.97. The predicted molar refractivity (Wildman–Crippen MR) is 58.0 cm³/mol. The summed E-state index contributed by atoms with van der Waals surface area (Å²) in [6.45, 7) is 0. The molecule has 112 valence electrons. The highest BCUT2D eigenvalue weighted by molar-refractivity contribution is 6.30. The lowest BCUT2D eigenvalue weighted by Crippen LogP contribution is -2.18. The first kappa shape index (κ1) is 16.6. The molecule has 0 heterocycles. The first-order chi connectivity index (χ1) is 9.02. The van der Waals surface area contributed by atoms with E-state index in [1.54, 1.807) is 0 Å². The van der Waals surface area contributed by atoms with Crippen LogP contribution in [0.25, 0.3) is 0 Å². The molecule has 0 amide bonds. The van der Waals surface area contributed by atoms with Crippen molar-refractivity contribution < 1.29 is 35.9 Å². The molecule has 0 bridgehead atoms. The Morgan fingerprint density at radius 3 is 2.05 bits per heavy atom. The van der Waals surface area contributed by atoms with Crippen LogP contribution in [0.2, 0.25) is 0 Å². The van der Waals surface area contributed by atoms with Gasteiger partial charge < -0.3 is 4.74 Å². The number of methoxy groups -OCH3 is 1. The van der Waals surface area contributed by atoms with Crippen LogP contribution in [-0.2, 0) is 12.4 Å². The van der Waals surface area contributed by atoms with Gasteiger partial charge in [-0.1, -0.05) is 0 Å². The summed E-state index contributed by atoms with van der Waals surface area (Å²) in [5.41, 5.74) is -4.16. The molecule has 0 atom stereocenters. The summed E-state index contributed by atoms with van der Waals surface area (Å²) in [5, 5.41) is 0. The zero-order valence-electron chi connectivity index (χ0n) is 9.82. The first-order valence-corrected chi connectivity index (χ1v) is 5.51. The van der Waals surface area contributed by atoms with E-state index >= 15 is 0 Å². The minimum absolute atomic E-state index is 0.121. The summed E-state index contributed by atoms with van der Waals surface area (Å²) < 4.78 is 80.7. The van der Waals surface area contributed by atoms with E-state index in [1.165, 1.54) is 0 Å². The fourth-order valence-corrected chi connectivity index (χ4v) is 1.67. The van der Waals surface area contributed by atoms with Crippen molar-refractivity contribution in [3.8, 4) is 5.75 Å². The number of carbonyl (C=O) groups is 1. The van der Waals surface area contributed by atoms with Crippen molar-refractivity contribution in [2.45, 2.75) is 12.4 Å². The Morgan fingerprint density at radius 1 is 1.15 bits per heavy atom. The van der Waals surface area contributed by atoms with Gasteiger partial charge in [0.25, 0.3) is 0 Å². The molecule has 9 heteroatoms. The van der Waals surface area contributed by atoms with Crippen molar-refractivity contribution in [2.75, 3.05) is 13.0 Å². The molecule has 0 saturated carbocycles. The average Bonchev–Trinajstić information content (AvgIpc) is 2.33. The van der Waals surface area contributed by atoms with Gasteiger partial charge in [-0.25, -0.2) is 0 Å². The molecule has 1 rings (SSSR count). The number of Topliss-reactive ketones (excluding diaryl/α,β-unsaturated/α-hetero) is 1. The van der Waals surface area contributed by atoms with Crippen molar-refractivity contribution in [3.05, 3.63) is 28.8 Å². The van der Waals surface area contributed by atoms with Gasteiger partial charge in [-0.2, -0.15) is 26.3 Å². The van der Waals surface area contributed by atoms with Gasteiger partial charge in [0.2, 0.25) is 0 Å². The highest BCUT2D eigenvalue weighted by Crippen LogP contribution is 2.42. The lowest BCUT2D eigenvalue weighted by molar-refractivity contribution is -0.142. The summed E-state index contributed by atoms with van der Waals surface area (Å²) in [6, 6.07) is 0.309. The van der Waals surface area contributed by atoms with Gasteiger partial charge in [-0.3, -0.25) is 4.79 Å². The van der Waals surface area contributed by atoms with Crippen molar-refractivity contribution in [1.82, 2.24) is 0 Å². The predicted octanol–water partition coefficient (Wildman–Crippen LogP) is 4.15. The van der Waals surface area contributed by atoms with E-state index in [2.05, 4.69) is 4.74 Å². The van der Waals surface area contributed by atoms with Crippen LogP contribution in [0.15, 0.2) is 12.1 Å². The van der Waals surface area contributed by atoms with Crippen LogP contribution in [-0.4, -0.2) is 18.8 Å². The molecule has 0 aliphatic heterocycles. The third-order valence-corrected chi connectivity index (χ3v) is 2.60. The molecular formula is C11H7ClF6O2. The van der Waals surface area contributed by atoms with Gasteiger partial charge in [-0.15, -0.1) is 11.6 Å². The number of rotatable bonds is 3. The second-order valence-corrected chi connectivity index (χ2v) is 3.92. The molecule has 0 fully saturated rings. The molecule has 0 N–H and O–H groups in total. The number of halogens is 7. The minimum atomic E-state index is -5.05. The fraction of sp³-hybridized carbons (Fsp3) is 0.364. The van der Waals surface area contributed by atoms with E-state index in [0.29, 0.717) is 0 Å². The standard InChI is InChI=1S/C11H7ClF6O2/c1-20-8-3-5(10(13,14)15)2-6(7(19)4-12)9(8)11(16,17)18/h2-3H,4H2,1H3. The zero-order chi connectivity index (χ0) is 15.7. The van der Waals surface area contributed by atoms with Gasteiger partial charge in [0.1, 0.15) is 11.3 Å². The van der Waals surface area contributed by atoms with Crippen molar-refractivity contribution in [2.24, 2.45) is 0 Å². The van der Waals surface area contributed by atoms with Crippen LogP contribution in [0, 0.1) is 0 Å². The SMILES string of the molecule is COc1cc(C(F)(F)F)cc(C(=O)CCl)c1C(F)(F)F. The molecular weight excluding hydrogens is 314 g/mol. The molecule has 1 aromatic carbocycles. The molecule has 0 unspecified atom stereocenters. The molecule has 0 aliphatic carbocycles. The maximum absolute atomic E-state index is 12.9. The van der Waals surface area contributed by atoms with Crippen LogP contribution < -0.4 is 4.74 Å². The smallest absolute Gasteiger partial charge is 0.420 e. The largest absolute Gasteiger partial charge is 0.496 e. The molecule has 0 saturated heterocycles. The molecule has 0 radical (unpaired) electrons. The maximum Gasteiger partial charge on any atom is 0.420 e. The number of hydrogen-bond donors (Lipinski definition) is 0. The number of ketones is 1. The van der Waals surface area contributed by atoms with Gasteiger partial charge in [-0.05, 0) is 12.1 Å². The first-order valence-electron chi connectivity index (χ1n) is 4.98. The van der Waals surface area contributed by atoms with Crippen molar-refractivity contribution >= 4 is 17.4 Å². The zero-order valence-corrected chi connectivity index (χ0v) is 10.6. The Morgan fingerprint density at radius 2 is 1.70 bits per heavy atom. The number of benzene rings is 1. The highest BCUT2D eigenvalue weighted by atomic mass is 35.5. The van der Waals surface area contributed by atoms with E-state index in [0.717, 1.165) is 7.11 Å². The summed E-state index contributed by atoms with van der Waals surface area (Å²) in [7, 11) is 0.777. The third-order valence-electron chi connectivity index (χ3n) is 2.35. The number of ether oxygens (including phenoxy) is 1. The van der Waals surface area contributed by atoms with E-state index in [1.807, 2.05) is 0 Å². The minimum Gasteiger partial charge on any atom is -0.496 e. The average molecular weight is 321 g/mol. The summed E-state index contributed by atoms with van der Waals surface area (Å²) in [5.74, 6) is -3.24. The Balaban J connectivity index is 3.70. The van der Waals surface area contributed by atoms with Gasteiger partial charge in [0.15, 0.2) is 5.78 Å². The third kappa shape index (κ3) is 3.36. The number of carbonyl (C=O) groups excluding carboxylic acids is 1. The van der Waals surface area contributed by atoms with Gasteiger partial charge >= 0.3 is 12.4 Å². The monoisotopic (exact) mass is 320 g/mol. The Bertz CT molecular complexity index is 521. The quantitative estimate of drug-likeness (QED) is 0.475. The Kier molecular flexibility index (Phi) is 4.58. The Hall–Kier alpha value is -1.44. The molecule has 20 heavy (non-hydrogen) atoms. The van der Waals surface area contributed by atoms with E-state index < -0.39 is 46.5 Å². The van der Waals surface area contributed by atoms with Gasteiger partial charge in [0, 0.05) is 5.56 Å². The summed E-state index contributed by atoms with van der Waals surface area (Å²) >= 11 is 5.13. The van der Waals surface area contributed by atoms with Crippen LogP contribution >= 0.6 is 11.6 Å². The van der Waals surface area contributed by atoms with Crippen LogP contribution in [0.1, 0.15) is 21.5 Å². The summed E-state index contributed by atoms with van der Waals surface area (Å²) in [4.78, 5) is 11.4. The number of hydrogen-bond acceptors (Lipinski definition) is 2. The van der Waals surface area contributed by atoms with Crippen molar-refractivity contribution in [3.63, 3.8) is 0 Å². The highest BCUT2D eigenvalue weighted by Gasteiger charge is 2.41. The maximum atomic E-state index is 12.9. The van der Waals surface area contributed by atoms with E-state index in [9.17, 15) is 31.1 Å². The molecule has 0 aliphatic rings. The fourth-order valence-electron chi connectivity index (χ4n) is 1.52. The van der Waals surface area contributed by atoms with Crippen LogP contribution in [0.4, 0.5) is 26.3 Å². The molecule has 1 aromatic rings. The second-order valence-electron chi connectivity index (χ2n) is 3.65. The van der Waals surface area contributed by atoms with E-state index in [-0.39, 0.29) is 12.1 Å². The molecule has 0 aromatic heterocycles. The second kappa shape index (κ2) is 5.51. The van der Waals surface area contributed by atoms with Crippen molar-refractivity contribution in [1.29, 1.82) is 0 Å². The Labute approximate surface area is 114 Å². The molecule has 2 nitrogen and oxygen atoms in total. The van der Waals surface area contributed by atoms with E-state index in [4.69, 9.17) is 11.6 Å². The normalized spacial score (nSPS) is 12.4. The molecule has 0 spiro atoms. The lowest BCUT2D eigenvalue weighted by Gasteiger charge is -2.18. The topological polar surface area (TPSA) is 26.3 Å². The van der Waals surface area contributed by atoms with Crippen LogP contribution in [0.3, 0.4) is 0 Å². The lowest BCUT2D eigenvalue weighted by atomic mass is 9.99.